The number of nitrogens with one attached hydrogen (secondary N) is 1. The number of hydrogen-bond acceptors (Lipinski definition) is 4. The van der Waals surface area contributed by atoms with E-state index >= 15 is 0 Å². The minimum Gasteiger partial charge on any atom is -0.346 e. The number of nitrogens with zero attached hydrogens (tertiary/aromatic N) is 3. The summed E-state index contributed by atoms with van der Waals surface area (Å²) in [6.07, 6.45) is 27.9. The zero-order chi connectivity index (χ0) is 33.4. The molecule has 8 unspecified atom stereocenters. The minimum absolute atomic E-state index is 0. The summed E-state index contributed by atoms with van der Waals surface area (Å²) < 4.78 is 0. The summed E-state index contributed by atoms with van der Waals surface area (Å²) in [4.78, 5) is 7.19. The molecule has 0 amide bonds. The molecule has 4 aliphatic heterocycles. The first-order valence-corrected chi connectivity index (χ1v) is 18.4. The van der Waals surface area contributed by atoms with Crippen molar-refractivity contribution in [3.63, 3.8) is 0 Å². The summed E-state index contributed by atoms with van der Waals surface area (Å²) in [6, 6.07) is 0. The van der Waals surface area contributed by atoms with E-state index in [9.17, 15) is 0 Å². The van der Waals surface area contributed by atoms with E-state index in [0.717, 1.165) is 23.7 Å². The van der Waals surface area contributed by atoms with E-state index < -0.39 is 0 Å². The fourth-order valence-corrected chi connectivity index (χ4v) is 6.05. The van der Waals surface area contributed by atoms with Crippen molar-refractivity contribution in [3.05, 3.63) is 49.1 Å². The minimum atomic E-state index is 0. The first kappa shape index (κ1) is 131. The van der Waals surface area contributed by atoms with E-state index in [2.05, 4.69) is 130 Å². The van der Waals surface area contributed by atoms with Crippen LogP contribution in [0, 0.1) is 23.7 Å². The van der Waals surface area contributed by atoms with Crippen molar-refractivity contribution in [1.82, 2.24) is 19.9 Å². The summed E-state index contributed by atoms with van der Waals surface area (Å²) in [7, 11) is 8.58. The van der Waals surface area contributed by atoms with Gasteiger partial charge in [-0.05, 0) is 143 Å². The number of piperidine rings is 4. The molecule has 4 fully saturated rings. The van der Waals surface area contributed by atoms with E-state index in [0.29, 0.717) is 0 Å². The normalized spacial score (nSPS) is 18.6. The lowest BCUT2D eigenvalue weighted by atomic mass is 9.87. The smallest absolute Gasteiger partial charge is 0.205 e. The van der Waals surface area contributed by atoms with Gasteiger partial charge in [-0.2, -0.15) is 39.6 Å². The van der Waals surface area contributed by atoms with Gasteiger partial charge in [-0.15, -0.1) is 18.2 Å². The van der Waals surface area contributed by atoms with Gasteiger partial charge in [-0.1, -0.05) is 167 Å². The van der Waals surface area contributed by atoms with Crippen LogP contribution < -0.4 is 5.32 Å². The van der Waals surface area contributed by atoms with E-state index in [-0.39, 0.29) is 144 Å². The molecule has 4 aliphatic rings. The summed E-state index contributed by atoms with van der Waals surface area (Å²) in [6.45, 7) is 26.1. The van der Waals surface area contributed by atoms with Crippen LogP contribution in [0.15, 0.2) is 49.1 Å². The molecule has 398 valence electrons. The van der Waals surface area contributed by atoms with Crippen LogP contribution in [0.2, 0.25) is 20.5 Å². The lowest BCUT2D eigenvalue weighted by molar-refractivity contribution is 0.237. The van der Waals surface area contributed by atoms with Crippen LogP contribution in [-0.4, -0.2) is 102 Å². The highest BCUT2D eigenvalue weighted by atomic mass is 35.5. The highest BCUT2D eigenvalue weighted by Gasteiger charge is 2.16. The number of likely N-dealkylation sites (tertiary alicyclic amines) is 2. The van der Waals surface area contributed by atoms with Crippen LogP contribution in [0.25, 0.3) is 0 Å². The Morgan fingerprint density at radius 3 is 1.10 bits per heavy atom. The topological polar surface area (TPSA) is 21.8 Å². The van der Waals surface area contributed by atoms with Crippen LogP contribution in [0.5, 0.6) is 0 Å². The van der Waals surface area contributed by atoms with E-state index in [4.69, 9.17) is 0 Å². The molecular weight excluding hydrogens is 850 g/mol. The van der Waals surface area contributed by atoms with Gasteiger partial charge in [0, 0.05) is 26.0 Å². The van der Waals surface area contributed by atoms with Gasteiger partial charge in [-0.3, -0.25) is 0 Å². The summed E-state index contributed by atoms with van der Waals surface area (Å²) in [5.74, 6) is 3.18. The number of allylic oxidation sites excluding steroid dienone is 3. The van der Waals surface area contributed by atoms with Crippen LogP contribution >= 0.6 is 51.2 Å². The number of rotatable bonds is 5. The van der Waals surface area contributed by atoms with E-state index in [1.807, 2.05) is 20.9 Å². The third-order valence-corrected chi connectivity index (χ3v) is 8.24. The van der Waals surface area contributed by atoms with E-state index in [1.165, 1.54) is 110 Å². The van der Waals surface area contributed by atoms with Crippen LogP contribution in [0.1, 0.15) is 176 Å². The number of halogens is 1. The molecule has 4 nitrogen and oxygen atoms in total. The first-order chi connectivity index (χ1) is 21.4. The van der Waals surface area contributed by atoms with Crippen molar-refractivity contribution >= 4 is 65.9 Å². The molecule has 0 aromatic rings. The summed E-state index contributed by atoms with van der Waals surface area (Å²) in [5.41, 5.74) is 0. The fourth-order valence-electron chi connectivity index (χ4n) is 6.05. The maximum Gasteiger partial charge on any atom is 0.205 e. The molecule has 0 spiro atoms. The maximum absolute atomic E-state index is 4.64. The molecule has 4 rings (SSSR count). The molecule has 8 atom stereocenters. The van der Waals surface area contributed by atoms with Crippen molar-refractivity contribution in [2.24, 2.45) is 23.7 Å². The SMILES string of the molecule is C.C.C.C.C.C.C.C.C.C.C.C.C.C.C/C=C/C1CCCN(C)C1.C/C=C/C1CCCNC1.C=CC1CCCN(C)C1.CCl.C[B]C.C[B]N1CCCC(/C=C/C)C1.P.P.P.P. The lowest BCUT2D eigenvalue weighted by Gasteiger charge is -2.30. The van der Waals surface area contributed by atoms with Gasteiger partial charge in [0.25, 0.3) is 0 Å². The van der Waals surface area contributed by atoms with Gasteiger partial charge in [0.05, 0.1) is 0 Å². The first-order valence-electron chi connectivity index (χ1n) is 17.6. The average Bonchev–Trinajstić information content (AvgIpc) is 3.04. The van der Waals surface area contributed by atoms with Gasteiger partial charge in [0.15, 0.2) is 0 Å². The second kappa shape index (κ2) is 100. The van der Waals surface area contributed by atoms with Crippen molar-refractivity contribution < 1.29 is 0 Å². The Morgan fingerprint density at radius 1 is 0.500 bits per heavy atom. The molecule has 2 radical (unpaired) electrons. The predicted molar refractivity (Wildman–Crippen MR) is 345 cm³/mol. The quantitative estimate of drug-likeness (QED) is 0.128. The molecule has 4 heterocycles. The molecule has 0 aromatic carbocycles. The number of alkyl halides is 1. The Morgan fingerprint density at radius 2 is 0.806 bits per heavy atom. The Labute approximate surface area is 425 Å². The lowest BCUT2D eigenvalue weighted by Crippen LogP contribution is -2.36. The molecule has 0 aromatic heterocycles. The Balaban J connectivity index is -0.0000000186. The Hall–Kier alpha value is 0.940. The third-order valence-electron chi connectivity index (χ3n) is 8.24. The van der Waals surface area contributed by atoms with Crippen molar-refractivity contribution in [1.29, 1.82) is 0 Å². The van der Waals surface area contributed by atoms with Gasteiger partial charge in [-0.25, -0.2) is 0 Å². The summed E-state index contributed by atoms with van der Waals surface area (Å²) >= 11 is 4.64. The van der Waals surface area contributed by atoms with Crippen molar-refractivity contribution in [2.45, 2.75) is 197 Å². The van der Waals surface area contributed by atoms with Crippen molar-refractivity contribution in [3.8, 4) is 0 Å². The highest BCUT2D eigenvalue weighted by molar-refractivity contribution is 6.92. The highest BCUT2D eigenvalue weighted by Crippen LogP contribution is 2.17. The monoisotopic (exact) mass is 991 g/mol. The average molecular weight is 992 g/mol. The van der Waals surface area contributed by atoms with E-state index in [1.54, 1.807) is 0 Å². The largest absolute Gasteiger partial charge is 0.346 e. The van der Waals surface area contributed by atoms with Crippen LogP contribution in [-0.2, 0) is 0 Å². The second-order valence-corrected chi connectivity index (χ2v) is 12.5. The van der Waals surface area contributed by atoms with Crippen molar-refractivity contribution in [2.75, 3.05) is 72.8 Å². The van der Waals surface area contributed by atoms with Gasteiger partial charge >= 0.3 is 0 Å². The molecule has 0 saturated carbocycles. The predicted octanol–water partition coefficient (Wildman–Crippen LogP) is 17.7. The van der Waals surface area contributed by atoms with Crippen LogP contribution in [0.4, 0.5) is 0 Å². The summed E-state index contributed by atoms with van der Waals surface area (Å²) in [5, 5.41) is 3.37. The zero-order valence-electron chi connectivity index (χ0n) is 33.6. The third kappa shape index (κ3) is 81.2. The standard InChI is InChI=1S/C9H17BN.C9H17N.2C8H15N.C2H6B.CH3Cl.14CH4.4H3P/c1-3-5-9-6-4-7-11(8-9)10-2;1-3-5-9-6-4-7-10(2)8-9;1-3-8-5-4-6-9(2)7-8;1-2-4-8-5-3-6-9-7-8;1-3-2;1-2;;;;;;;;;;;;;;;;;;/h3,5,9H,4,6-8H2,1-2H3;3,5,9H,4,6-8H2,1-2H3;3,8H,1,4-7H2,2H3;2,4,8-9H,3,5-7H2,1H3;1-2H3;1H3;14*1H4;4*1H3/b2*5-3+;;4-2+;;;;;;;;;;;;;;;;;;;;. The van der Waals surface area contributed by atoms with Gasteiger partial charge in [0.1, 0.15) is 7.28 Å². The molecule has 62 heavy (non-hydrogen) atoms. The molecule has 4 saturated heterocycles. The Bertz CT molecular complexity index is 721. The fraction of sp³-hybridized carbons (Fsp3) is 0.843. The molecule has 1 N–H and O–H groups in total. The number of hydrogen-bond donors (Lipinski definition) is 1. The van der Waals surface area contributed by atoms with Gasteiger partial charge < -0.3 is 19.9 Å². The maximum atomic E-state index is 4.64. The van der Waals surface area contributed by atoms with Gasteiger partial charge in [0.2, 0.25) is 7.41 Å². The van der Waals surface area contributed by atoms with Crippen LogP contribution in [0.3, 0.4) is 0 Å². The second-order valence-electron chi connectivity index (χ2n) is 12.5. The zero-order valence-corrected chi connectivity index (χ0v) is 40.0. The molecule has 0 bridgehead atoms. The Kier molecular flexibility index (Phi) is 211. The molecule has 0 aliphatic carbocycles. The molecular formula is C51H141B2ClN4P4. The molecule has 11 heteroatoms.